The third kappa shape index (κ3) is 2.52. The zero-order valence-corrected chi connectivity index (χ0v) is 13.4. The fourth-order valence-corrected chi connectivity index (χ4v) is 4.53. The van der Waals surface area contributed by atoms with E-state index in [1.54, 1.807) is 22.7 Å². The van der Waals surface area contributed by atoms with Crippen LogP contribution in [0.2, 0.25) is 0 Å². The van der Waals surface area contributed by atoms with Crippen molar-refractivity contribution in [2.24, 2.45) is 0 Å². The Morgan fingerprint density at radius 2 is 2.20 bits per heavy atom. The summed E-state index contributed by atoms with van der Waals surface area (Å²) >= 11 is 3.28. The second-order valence-corrected chi connectivity index (χ2v) is 7.32. The smallest absolute Gasteiger partial charge is 0.264 e. The molecule has 1 aliphatic rings. The first-order chi connectivity index (χ1) is 9.66. The van der Waals surface area contributed by atoms with E-state index in [-0.39, 0.29) is 11.9 Å². The van der Waals surface area contributed by atoms with Crippen molar-refractivity contribution in [1.82, 2.24) is 9.88 Å². The second kappa shape index (κ2) is 5.66. The van der Waals surface area contributed by atoms with Crippen LogP contribution >= 0.6 is 22.7 Å². The van der Waals surface area contributed by atoms with Crippen molar-refractivity contribution in [3.05, 3.63) is 38.0 Å². The Bertz CT molecular complexity index is 580. The predicted molar refractivity (Wildman–Crippen MR) is 83.6 cm³/mol. The number of nitrogens with zero attached hydrogens (tertiary/aromatic N) is 2. The molecule has 0 aromatic carbocycles. The maximum absolute atomic E-state index is 12.6. The van der Waals surface area contributed by atoms with Gasteiger partial charge in [0, 0.05) is 23.0 Å². The minimum atomic E-state index is 0.0779. The number of carbonyl (C=O) groups is 1. The minimum absolute atomic E-state index is 0.0779. The SMILES string of the molecule is C[C@@H](c1cncs1)N(C)C(=O)c1cc2c(s1)CCCC2. The molecule has 0 saturated carbocycles. The number of thiazole rings is 1. The Labute approximate surface area is 127 Å². The van der Waals surface area contributed by atoms with Gasteiger partial charge >= 0.3 is 0 Å². The van der Waals surface area contributed by atoms with Crippen LogP contribution in [0.1, 0.15) is 50.8 Å². The number of fused-ring (bicyclic) bond motifs is 1. The highest BCUT2D eigenvalue weighted by Gasteiger charge is 2.23. The summed E-state index contributed by atoms with van der Waals surface area (Å²) in [5.41, 5.74) is 3.21. The maximum Gasteiger partial charge on any atom is 0.264 e. The Hall–Kier alpha value is -1.20. The molecule has 2 heterocycles. The molecule has 106 valence electrons. The number of aromatic nitrogens is 1. The number of carbonyl (C=O) groups excluding carboxylic acids is 1. The molecular weight excluding hydrogens is 288 g/mol. The van der Waals surface area contributed by atoms with Crippen LogP contribution in [0, 0.1) is 0 Å². The second-order valence-electron chi connectivity index (χ2n) is 5.26. The Morgan fingerprint density at radius 3 is 2.90 bits per heavy atom. The zero-order valence-electron chi connectivity index (χ0n) is 11.8. The van der Waals surface area contributed by atoms with Gasteiger partial charge in [-0.05, 0) is 44.2 Å². The van der Waals surface area contributed by atoms with E-state index in [0.29, 0.717) is 0 Å². The van der Waals surface area contributed by atoms with Crippen LogP contribution in [0.15, 0.2) is 17.8 Å². The molecule has 0 N–H and O–H groups in total. The molecule has 0 aliphatic heterocycles. The molecule has 0 saturated heterocycles. The lowest BCUT2D eigenvalue weighted by molar-refractivity contribution is 0.0749. The lowest BCUT2D eigenvalue weighted by Crippen LogP contribution is -2.28. The van der Waals surface area contributed by atoms with E-state index in [2.05, 4.69) is 18.0 Å². The van der Waals surface area contributed by atoms with Crippen LogP contribution in [-0.2, 0) is 12.8 Å². The van der Waals surface area contributed by atoms with Crippen LogP contribution in [-0.4, -0.2) is 22.8 Å². The van der Waals surface area contributed by atoms with Gasteiger partial charge in [0.1, 0.15) is 0 Å². The molecule has 2 aromatic rings. The normalized spacial score (nSPS) is 15.7. The Kier molecular flexibility index (Phi) is 3.89. The van der Waals surface area contributed by atoms with Crippen LogP contribution in [0.25, 0.3) is 0 Å². The molecule has 0 radical (unpaired) electrons. The fourth-order valence-electron chi connectivity index (χ4n) is 2.57. The van der Waals surface area contributed by atoms with Gasteiger partial charge in [-0.25, -0.2) is 0 Å². The van der Waals surface area contributed by atoms with E-state index in [9.17, 15) is 4.79 Å². The molecule has 20 heavy (non-hydrogen) atoms. The van der Waals surface area contributed by atoms with Gasteiger partial charge in [-0.1, -0.05) is 0 Å². The standard InChI is InChI=1S/C15H18N2OS2/c1-10(14-8-16-9-19-14)17(2)15(18)13-7-11-5-3-4-6-12(11)20-13/h7-10H,3-6H2,1-2H3/t10-/m0/s1. The van der Waals surface area contributed by atoms with E-state index in [4.69, 9.17) is 0 Å². The summed E-state index contributed by atoms with van der Waals surface area (Å²) in [7, 11) is 1.88. The van der Waals surface area contributed by atoms with Gasteiger partial charge in [0.2, 0.25) is 0 Å². The highest BCUT2D eigenvalue weighted by Crippen LogP contribution is 2.32. The van der Waals surface area contributed by atoms with Gasteiger partial charge in [-0.3, -0.25) is 9.78 Å². The molecule has 3 rings (SSSR count). The molecule has 1 amide bonds. The number of thiophene rings is 1. The molecule has 0 spiro atoms. The van der Waals surface area contributed by atoms with Gasteiger partial charge in [-0.15, -0.1) is 22.7 Å². The number of aryl methyl sites for hydroxylation is 2. The first-order valence-corrected chi connectivity index (χ1v) is 8.63. The quantitative estimate of drug-likeness (QED) is 0.861. The highest BCUT2D eigenvalue weighted by atomic mass is 32.1. The predicted octanol–water partition coefficient (Wildman–Crippen LogP) is 3.92. The van der Waals surface area contributed by atoms with Crippen LogP contribution in [0.3, 0.4) is 0 Å². The summed E-state index contributed by atoms with van der Waals surface area (Å²) in [4.78, 5) is 22.0. The molecule has 3 nitrogen and oxygen atoms in total. The van der Waals surface area contributed by atoms with Crippen molar-refractivity contribution in [2.45, 2.75) is 38.6 Å². The average Bonchev–Trinajstić information content (AvgIpc) is 3.13. The van der Waals surface area contributed by atoms with E-state index in [1.807, 2.05) is 23.7 Å². The van der Waals surface area contributed by atoms with Gasteiger partial charge < -0.3 is 4.90 Å². The van der Waals surface area contributed by atoms with E-state index in [1.165, 1.54) is 23.3 Å². The van der Waals surface area contributed by atoms with Crippen molar-refractivity contribution in [2.75, 3.05) is 7.05 Å². The zero-order chi connectivity index (χ0) is 14.1. The summed E-state index contributed by atoms with van der Waals surface area (Å²) < 4.78 is 0. The lowest BCUT2D eigenvalue weighted by Gasteiger charge is -2.23. The van der Waals surface area contributed by atoms with Crippen LogP contribution in [0.4, 0.5) is 0 Å². The molecule has 5 heteroatoms. The topological polar surface area (TPSA) is 33.2 Å². The number of rotatable bonds is 3. The average molecular weight is 306 g/mol. The third-order valence-corrected chi connectivity index (χ3v) is 6.14. The Balaban J connectivity index is 1.79. The van der Waals surface area contributed by atoms with E-state index in [0.717, 1.165) is 22.6 Å². The number of hydrogen-bond acceptors (Lipinski definition) is 4. The maximum atomic E-state index is 12.6. The molecule has 2 aromatic heterocycles. The van der Waals surface area contributed by atoms with Crippen molar-refractivity contribution in [3.8, 4) is 0 Å². The van der Waals surface area contributed by atoms with Crippen molar-refractivity contribution in [1.29, 1.82) is 0 Å². The first-order valence-electron chi connectivity index (χ1n) is 6.94. The van der Waals surface area contributed by atoms with Crippen LogP contribution < -0.4 is 0 Å². The summed E-state index contributed by atoms with van der Waals surface area (Å²) in [6.45, 7) is 2.05. The van der Waals surface area contributed by atoms with Gasteiger partial charge in [0.25, 0.3) is 5.91 Å². The molecule has 0 unspecified atom stereocenters. The Morgan fingerprint density at radius 1 is 1.40 bits per heavy atom. The molecule has 0 fully saturated rings. The largest absolute Gasteiger partial charge is 0.333 e. The van der Waals surface area contributed by atoms with E-state index < -0.39 is 0 Å². The van der Waals surface area contributed by atoms with Gasteiger partial charge in [0.05, 0.1) is 16.4 Å². The lowest BCUT2D eigenvalue weighted by atomic mass is 9.99. The van der Waals surface area contributed by atoms with Crippen molar-refractivity contribution >= 4 is 28.6 Å². The summed E-state index contributed by atoms with van der Waals surface area (Å²) in [6.07, 6.45) is 6.63. The molecule has 1 aliphatic carbocycles. The first kappa shape index (κ1) is 13.8. The van der Waals surface area contributed by atoms with Gasteiger partial charge in [0.15, 0.2) is 0 Å². The third-order valence-electron chi connectivity index (χ3n) is 3.97. The summed E-state index contributed by atoms with van der Waals surface area (Å²) in [5, 5.41) is 0. The fraction of sp³-hybridized carbons (Fsp3) is 0.467. The summed E-state index contributed by atoms with van der Waals surface area (Å²) in [6, 6.07) is 2.19. The van der Waals surface area contributed by atoms with Crippen molar-refractivity contribution < 1.29 is 4.79 Å². The number of amides is 1. The number of hydrogen-bond donors (Lipinski definition) is 0. The molecule has 1 atom stereocenters. The monoisotopic (exact) mass is 306 g/mol. The minimum Gasteiger partial charge on any atom is -0.333 e. The van der Waals surface area contributed by atoms with Crippen molar-refractivity contribution in [3.63, 3.8) is 0 Å². The van der Waals surface area contributed by atoms with E-state index >= 15 is 0 Å². The molecular formula is C15H18N2OS2. The summed E-state index contributed by atoms with van der Waals surface area (Å²) in [5.74, 6) is 0.130. The highest BCUT2D eigenvalue weighted by molar-refractivity contribution is 7.14. The van der Waals surface area contributed by atoms with Gasteiger partial charge in [-0.2, -0.15) is 0 Å². The van der Waals surface area contributed by atoms with Crippen LogP contribution in [0.5, 0.6) is 0 Å². The molecule has 0 bridgehead atoms.